The van der Waals surface area contributed by atoms with Gasteiger partial charge >= 0.3 is 0 Å². The van der Waals surface area contributed by atoms with Crippen molar-refractivity contribution in [2.45, 2.75) is 10.8 Å². The molecule has 110 heavy (non-hydrogen) atoms. The molecule has 0 bridgehead atoms. The van der Waals surface area contributed by atoms with Crippen molar-refractivity contribution in [3.05, 3.63) is 468 Å². The van der Waals surface area contributed by atoms with Crippen molar-refractivity contribution < 1.29 is 27.0 Å². The fourth-order valence-electron chi connectivity index (χ4n) is 16.4. The summed E-state index contributed by atoms with van der Waals surface area (Å²) < 4.78 is 77.2. The number of fused-ring (bicyclic) bond motifs is 6. The standard InChI is InChI=1S/C102H68F4N2O2/c1-3-67-25-47-85(48-26-67)109-87-51-35-77(36-52-87)101(75-21-13-7-14-22-75)93-61-73(69-17-9-5-10-18-69)33-55-89(93)91-57-45-83(65-95(91)101)107(99-59-39-79(103)63-97(99)105)81-41-29-71(30-42-81)72-31-43-82(44-32-72)108(100-60-40-80(104)64-98(100)106)84-46-58-92-90-56-34-74(70-19-11-6-12-20-70)62-94(90)102(96(92)66-84,76-23-15-8-16-24-76)78-37-53-88(54-38-78)110-86-49-27-68(4-2)28-50-86/h3-66H,1-2H2. The number of ether oxygens (including phenoxy) is 2. The van der Waals surface area contributed by atoms with E-state index in [0.29, 0.717) is 45.7 Å². The van der Waals surface area contributed by atoms with Gasteiger partial charge in [0.1, 0.15) is 46.3 Å². The lowest BCUT2D eigenvalue weighted by molar-refractivity contribution is 0.482. The van der Waals surface area contributed by atoms with Gasteiger partial charge in [-0.2, -0.15) is 0 Å². The van der Waals surface area contributed by atoms with E-state index in [-0.39, 0.29) is 11.4 Å². The number of nitrogens with zero attached hydrogens (tertiary/aromatic N) is 2. The summed E-state index contributed by atoms with van der Waals surface area (Å²) in [4.78, 5) is 3.69. The first-order chi connectivity index (χ1) is 54.0. The van der Waals surface area contributed by atoms with Gasteiger partial charge in [0.25, 0.3) is 0 Å². The molecule has 4 nitrogen and oxygen atoms in total. The molecule has 0 aliphatic heterocycles. The molecule has 0 amide bonds. The van der Waals surface area contributed by atoms with Gasteiger partial charge in [-0.15, -0.1) is 0 Å². The van der Waals surface area contributed by atoms with Crippen molar-refractivity contribution >= 4 is 46.3 Å². The molecule has 0 spiro atoms. The third kappa shape index (κ3) is 12.0. The van der Waals surface area contributed by atoms with Crippen LogP contribution in [0.1, 0.15) is 55.6 Å². The number of rotatable bonds is 19. The molecule has 0 N–H and O–H groups in total. The molecule has 0 fully saturated rings. The monoisotopic (exact) mass is 1430 g/mol. The quantitative estimate of drug-likeness (QED) is 0.0754. The van der Waals surface area contributed by atoms with Crippen molar-refractivity contribution in [1.82, 2.24) is 0 Å². The zero-order chi connectivity index (χ0) is 74.5. The largest absolute Gasteiger partial charge is 0.457 e. The lowest BCUT2D eigenvalue weighted by atomic mass is 9.67. The predicted molar refractivity (Wildman–Crippen MR) is 440 cm³/mol. The normalized spacial score (nSPS) is 14.3. The van der Waals surface area contributed by atoms with E-state index in [1.807, 2.05) is 192 Å². The van der Waals surface area contributed by atoms with Crippen molar-refractivity contribution in [3.63, 3.8) is 0 Å². The summed E-state index contributed by atoms with van der Waals surface area (Å²) in [6, 6.07) is 123. The molecule has 0 aromatic heterocycles. The fraction of sp³-hybridized carbons (Fsp3) is 0.0196. The van der Waals surface area contributed by atoms with E-state index in [4.69, 9.17) is 9.47 Å². The maximum absolute atomic E-state index is 17.0. The highest BCUT2D eigenvalue weighted by Gasteiger charge is 2.49. The predicted octanol–water partition coefficient (Wildman–Crippen LogP) is 27.8. The van der Waals surface area contributed by atoms with Crippen LogP contribution in [-0.2, 0) is 10.8 Å². The highest BCUT2D eigenvalue weighted by atomic mass is 19.1. The van der Waals surface area contributed by atoms with Gasteiger partial charge in [0.05, 0.1) is 22.2 Å². The Morgan fingerprint density at radius 2 is 0.527 bits per heavy atom. The van der Waals surface area contributed by atoms with Gasteiger partial charge in [-0.1, -0.05) is 256 Å². The first kappa shape index (κ1) is 67.8. The Balaban J connectivity index is 0.736. The van der Waals surface area contributed by atoms with E-state index >= 15 is 17.6 Å². The van der Waals surface area contributed by atoms with Crippen molar-refractivity contribution in [3.8, 4) is 78.6 Å². The Bertz CT molecular complexity index is 5760. The van der Waals surface area contributed by atoms with Crippen LogP contribution < -0.4 is 19.3 Å². The minimum atomic E-state index is -0.923. The Morgan fingerprint density at radius 3 is 0.864 bits per heavy atom. The van der Waals surface area contributed by atoms with Gasteiger partial charge in [-0.3, -0.25) is 0 Å². The average molecular weight is 1430 g/mol. The molecule has 18 rings (SSSR count). The van der Waals surface area contributed by atoms with E-state index < -0.39 is 34.1 Å². The number of anilines is 6. The van der Waals surface area contributed by atoms with E-state index in [9.17, 15) is 0 Å². The summed E-state index contributed by atoms with van der Waals surface area (Å²) >= 11 is 0. The SMILES string of the molecule is C=Cc1ccc(Oc2ccc(C3(c4ccccc4)c4cc(-c5ccccc5)ccc4-c4ccc(N(c5ccc(-c6ccc(N(c7ccc8c(c7)C(c7ccccc7)(c7ccc(Oc9ccc(C=C)cc9)cc7)c7cc(-c9ccccc9)ccc7-8)c7ccc(F)cc7F)cc6)cc5)c5ccc(F)cc5F)cc43)cc2)cc1. The summed E-state index contributed by atoms with van der Waals surface area (Å²) in [6.45, 7) is 7.83. The Hall–Kier alpha value is -14.1. The smallest absolute Gasteiger partial charge is 0.150 e. The highest BCUT2D eigenvalue weighted by molar-refractivity contribution is 5.94. The van der Waals surface area contributed by atoms with Crippen LogP contribution in [0.5, 0.6) is 23.0 Å². The van der Waals surface area contributed by atoms with Crippen LogP contribution in [0.4, 0.5) is 51.7 Å². The van der Waals surface area contributed by atoms with Gasteiger partial charge in [0.2, 0.25) is 0 Å². The fourth-order valence-corrected chi connectivity index (χ4v) is 16.4. The maximum atomic E-state index is 17.0. The van der Waals surface area contributed by atoms with Crippen LogP contribution in [0.25, 0.3) is 67.8 Å². The van der Waals surface area contributed by atoms with E-state index in [1.165, 1.54) is 24.3 Å². The third-order valence-corrected chi connectivity index (χ3v) is 21.5. The molecule has 2 aliphatic carbocycles. The average Bonchev–Trinajstić information content (AvgIpc) is 1.53. The van der Waals surface area contributed by atoms with Gasteiger partial charge in [-0.25, -0.2) is 17.6 Å². The van der Waals surface area contributed by atoms with Crippen LogP contribution in [0.3, 0.4) is 0 Å². The zero-order valence-electron chi connectivity index (χ0n) is 59.6. The zero-order valence-corrected chi connectivity index (χ0v) is 59.6. The molecular formula is C102H68F4N2O2. The summed E-state index contributed by atoms with van der Waals surface area (Å²) in [7, 11) is 0. The summed E-state index contributed by atoms with van der Waals surface area (Å²) in [5.41, 5.74) is 21.1. The Kier molecular flexibility index (Phi) is 17.5. The van der Waals surface area contributed by atoms with E-state index in [2.05, 4.69) is 171 Å². The van der Waals surface area contributed by atoms with Crippen LogP contribution in [0.15, 0.2) is 389 Å². The van der Waals surface area contributed by atoms with Crippen LogP contribution in [0.2, 0.25) is 0 Å². The Labute approximate surface area is 636 Å². The molecule has 16 aromatic carbocycles. The first-order valence-electron chi connectivity index (χ1n) is 36.6. The van der Waals surface area contributed by atoms with Gasteiger partial charge in [0.15, 0.2) is 0 Å². The van der Waals surface area contributed by atoms with E-state index in [0.717, 1.165) is 123 Å². The third-order valence-electron chi connectivity index (χ3n) is 21.5. The van der Waals surface area contributed by atoms with E-state index in [1.54, 1.807) is 12.2 Å². The second-order valence-corrected chi connectivity index (χ2v) is 27.7. The molecule has 2 aliphatic rings. The van der Waals surface area contributed by atoms with Crippen LogP contribution in [-0.4, -0.2) is 0 Å². The molecule has 2 atom stereocenters. The van der Waals surface area contributed by atoms with Crippen molar-refractivity contribution in [1.29, 1.82) is 0 Å². The minimum absolute atomic E-state index is 0.147. The number of benzene rings is 16. The maximum Gasteiger partial charge on any atom is 0.150 e. The molecule has 526 valence electrons. The van der Waals surface area contributed by atoms with Gasteiger partial charge in [0, 0.05) is 34.9 Å². The lowest BCUT2D eigenvalue weighted by Crippen LogP contribution is -2.29. The molecule has 0 heterocycles. The second kappa shape index (κ2) is 28.3. The molecule has 16 aromatic rings. The first-order valence-corrected chi connectivity index (χ1v) is 36.6. The molecule has 0 saturated heterocycles. The molecule has 2 unspecified atom stereocenters. The second-order valence-electron chi connectivity index (χ2n) is 27.7. The van der Waals surface area contributed by atoms with Gasteiger partial charge < -0.3 is 19.3 Å². The topological polar surface area (TPSA) is 24.9 Å². The minimum Gasteiger partial charge on any atom is -0.457 e. The Morgan fingerprint density at radius 1 is 0.245 bits per heavy atom. The van der Waals surface area contributed by atoms with Gasteiger partial charge in [-0.05, 0) is 245 Å². The van der Waals surface area contributed by atoms with Crippen molar-refractivity contribution in [2.24, 2.45) is 0 Å². The lowest BCUT2D eigenvalue weighted by Gasteiger charge is -2.35. The molecule has 8 heteroatoms. The number of hydrogen-bond donors (Lipinski definition) is 0. The summed E-state index contributed by atoms with van der Waals surface area (Å²) in [5, 5.41) is 0. The highest BCUT2D eigenvalue weighted by Crippen LogP contribution is 2.61. The number of halogens is 4. The van der Waals surface area contributed by atoms with Crippen molar-refractivity contribution in [2.75, 3.05) is 9.80 Å². The molecular weight excluding hydrogens is 1360 g/mol. The van der Waals surface area contributed by atoms with Crippen LogP contribution >= 0.6 is 0 Å². The van der Waals surface area contributed by atoms with Crippen LogP contribution in [0, 0.1) is 23.3 Å². The summed E-state index contributed by atoms with van der Waals surface area (Å²) in [6.07, 6.45) is 3.60. The number of hydrogen-bond acceptors (Lipinski definition) is 4. The molecule has 0 radical (unpaired) electrons. The molecule has 0 saturated carbocycles. The summed E-state index contributed by atoms with van der Waals surface area (Å²) in [5.74, 6) is -0.169.